The van der Waals surface area contributed by atoms with E-state index in [1.807, 2.05) is 19.1 Å². The fraction of sp³-hybridized carbons (Fsp3) is 0.412. The van der Waals surface area contributed by atoms with Crippen LogP contribution in [-0.2, 0) is 11.3 Å². The highest BCUT2D eigenvalue weighted by Crippen LogP contribution is 2.16. The third-order valence-electron chi connectivity index (χ3n) is 3.09. The van der Waals surface area contributed by atoms with Crippen molar-refractivity contribution in [3.63, 3.8) is 0 Å². The van der Waals surface area contributed by atoms with Crippen LogP contribution in [0.4, 0.5) is 0 Å². The number of benzene rings is 1. The lowest BCUT2D eigenvalue weighted by Gasteiger charge is -2.14. The number of hydrogen-bond acceptors (Lipinski definition) is 3. The Balaban J connectivity index is 2.77. The number of aliphatic imine (C=N–C) groups is 1. The number of ether oxygens (including phenoxy) is 1. The monoisotopic (exact) mass is 318 g/mol. The van der Waals surface area contributed by atoms with Gasteiger partial charge in [0.15, 0.2) is 5.96 Å². The first-order valence-electron chi connectivity index (χ1n) is 7.44. The number of rotatable bonds is 7. The van der Waals surface area contributed by atoms with Crippen LogP contribution in [0.1, 0.15) is 11.1 Å². The number of guanidine groups is 1. The molecule has 6 heteroatoms. The van der Waals surface area contributed by atoms with Gasteiger partial charge in [0.05, 0.1) is 20.2 Å². The van der Waals surface area contributed by atoms with Gasteiger partial charge in [-0.2, -0.15) is 0 Å². The molecule has 126 valence electrons. The zero-order valence-corrected chi connectivity index (χ0v) is 14.3. The first-order chi connectivity index (χ1) is 11.0. The Morgan fingerprint density at radius 2 is 2.09 bits per heavy atom. The van der Waals surface area contributed by atoms with Crippen LogP contribution in [0.15, 0.2) is 35.8 Å². The maximum atomic E-state index is 11.7. The molecule has 0 aliphatic rings. The van der Waals surface area contributed by atoms with Gasteiger partial charge < -0.3 is 20.3 Å². The highest BCUT2D eigenvalue weighted by Gasteiger charge is 2.05. The largest absolute Gasteiger partial charge is 0.497 e. The van der Waals surface area contributed by atoms with Crippen molar-refractivity contribution >= 4 is 11.9 Å². The van der Waals surface area contributed by atoms with Crippen molar-refractivity contribution in [2.45, 2.75) is 13.5 Å². The lowest BCUT2D eigenvalue weighted by Crippen LogP contribution is -2.43. The second-order valence-corrected chi connectivity index (χ2v) is 5.33. The molecule has 1 aromatic rings. The second kappa shape index (κ2) is 9.50. The molecule has 0 atom stereocenters. The van der Waals surface area contributed by atoms with Crippen molar-refractivity contribution in [3.05, 3.63) is 42.0 Å². The molecule has 0 spiro atoms. The summed E-state index contributed by atoms with van der Waals surface area (Å²) in [6, 6.07) is 5.98. The summed E-state index contributed by atoms with van der Waals surface area (Å²) < 4.78 is 5.27. The maximum absolute atomic E-state index is 11.7. The van der Waals surface area contributed by atoms with Crippen LogP contribution in [0.5, 0.6) is 5.75 Å². The van der Waals surface area contributed by atoms with Crippen LogP contribution in [0, 0.1) is 6.92 Å². The molecule has 0 radical (unpaired) electrons. The zero-order valence-electron chi connectivity index (χ0n) is 14.3. The van der Waals surface area contributed by atoms with Crippen molar-refractivity contribution in [2.24, 2.45) is 4.99 Å². The first kappa shape index (κ1) is 18.5. The Bertz CT molecular complexity index is 568. The third-order valence-corrected chi connectivity index (χ3v) is 3.09. The number of nitrogens with zero attached hydrogens (tertiary/aromatic N) is 2. The summed E-state index contributed by atoms with van der Waals surface area (Å²) in [7, 11) is 5.08. The molecule has 0 aliphatic heterocycles. The van der Waals surface area contributed by atoms with Gasteiger partial charge in [0.1, 0.15) is 5.75 Å². The maximum Gasteiger partial charge on any atom is 0.241 e. The summed E-state index contributed by atoms with van der Waals surface area (Å²) in [5.41, 5.74) is 2.16. The van der Waals surface area contributed by atoms with Crippen LogP contribution in [0.25, 0.3) is 0 Å². The Morgan fingerprint density at radius 1 is 1.35 bits per heavy atom. The van der Waals surface area contributed by atoms with Gasteiger partial charge in [-0.05, 0) is 30.2 Å². The summed E-state index contributed by atoms with van der Waals surface area (Å²) in [6.07, 6.45) is 1.74. The van der Waals surface area contributed by atoms with Crippen LogP contribution >= 0.6 is 0 Å². The molecule has 0 fully saturated rings. The van der Waals surface area contributed by atoms with Gasteiger partial charge >= 0.3 is 0 Å². The molecule has 0 aliphatic carbocycles. The van der Waals surface area contributed by atoms with E-state index < -0.39 is 0 Å². The van der Waals surface area contributed by atoms with Crippen LogP contribution < -0.4 is 15.4 Å². The first-order valence-corrected chi connectivity index (χ1v) is 7.44. The minimum absolute atomic E-state index is 0.0182. The van der Waals surface area contributed by atoms with E-state index in [-0.39, 0.29) is 12.5 Å². The van der Waals surface area contributed by atoms with E-state index in [1.54, 1.807) is 27.3 Å². The van der Waals surface area contributed by atoms with Crippen LogP contribution in [-0.4, -0.2) is 51.1 Å². The Kier molecular flexibility index (Phi) is 7.66. The number of hydrogen-bond donors (Lipinski definition) is 2. The standard InChI is InChI=1S/C17H26N4O2/c1-6-7-18-17(20-12-16(22)21(3)4)19-11-14-8-13(2)9-15(10-14)23-5/h6,8-10H,1,7,11-12H2,2-5H3,(H2,18,19,20). The molecule has 1 amide bonds. The summed E-state index contributed by atoms with van der Waals surface area (Å²) in [4.78, 5) is 17.7. The fourth-order valence-electron chi connectivity index (χ4n) is 1.86. The van der Waals surface area contributed by atoms with Gasteiger partial charge in [0, 0.05) is 20.6 Å². The summed E-state index contributed by atoms with van der Waals surface area (Å²) in [5, 5.41) is 6.11. The number of aryl methyl sites for hydroxylation is 1. The smallest absolute Gasteiger partial charge is 0.241 e. The SMILES string of the molecule is C=CCNC(=NCc1cc(C)cc(OC)c1)NCC(=O)N(C)C. The molecule has 0 heterocycles. The molecular formula is C17H26N4O2. The van der Waals surface area contributed by atoms with Crippen molar-refractivity contribution in [1.82, 2.24) is 15.5 Å². The minimum Gasteiger partial charge on any atom is -0.497 e. The Morgan fingerprint density at radius 3 is 2.70 bits per heavy atom. The van der Waals surface area contributed by atoms with Crippen molar-refractivity contribution in [2.75, 3.05) is 34.3 Å². The van der Waals surface area contributed by atoms with Gasteiger partial charge in [0.2, 0.25) is 5.91 Å². The highest BCUT2D eigenvalue weighted by molar-refractivity contribution is 5.86. The Hall–Kier alpha value is -2.50. The van der Waals surface area contributed by atoms with Gasteiger partial charge in [0.25, 0.3) is 0 Å². The van der Waals surface area contributed by atoms with E-state index in [0.717, 1.165) is 16.9 Å². The molecule has 23 heavy (non-hydrogen) atoms. The minimum atomic E-state index is -0.0182. The topological polar surface area (TPSA) is 66.0 Å². The lowest BCUT2D eigenvalue weighted by atomic mass is 10.1. The van der Waals surface area contributed by atoms with E-state index in [0.29, 0.717) is 19.0 Å². The number of carbonyl (C=O) groups is 1. The van der Waals surface area contributed by atoms with Crippen molar-refractivity contribution in [1.29, 1.82) is 0 Å². The average molecular weight is 318 g/mol. The molecule has 0 bridgehead atoms. The molecule has 0 saturated carbocycles. The summed E-state index contributed by atoms with van der Waals surface area (Å²) in [6.45, 7) is 6.93. The summed E-state index contributed by atoms with van der Waals surface area (Å²) >= 11 is 0. The van der Waals surface area contributed by atoms with Gasteiger partial charge in [-0.1, -0.05) is 12.1 Å². The molecule has 0 aromatic heterocycles. The predicted molar refractivity (Wildman–Crippen MR) is 93.8 cm³/mol. The van der Waals surface area contributed by atoms with Gasteiger partial charge in [-0.3, -0.25) is 4.79 Å². The number of likely N-dealkylation sites (N-methyl/N-ethyl adjacent to an activating group) is 1. The fourth-order valence-corrected chi connectivity index (χ4v) is 1.86. The number of carbonyl (C=O) groups excluding carboxylic acids is 1. The van der Waals surface area contributed by atoms with Crippen LogP contribution in [0.2, 0.25) is 0 Å². The van der Waals surface area contributed by atoms with Crippen molar-refractivity contribution in [3.8, 4) is 5.75 Å². The molecule has 0 saturated heterocycles. The predicted octanol–water partition coefficient (Wildman–Crippen LogP) is 1.31. The van der Waals surface area contributed by atoms with E-state index in [1.165, 1.54) is 4.90 Å². The molecule has 0 unspecified atom stereocenters. The molecule has 1 rings (SSSR count). The highest BCUT2D eigenvalue weighted by atomic mass is 16.5. The number of methoxy groups -OCH3 is 1. The molecule has 6 nitrogen and oxygen atoms in total. The second-order valence-electron chi connectivity index (χ2n) is 5.33. The molecule has 1 aromatic carbocycles. The van der Waals surface area contributed by atoms with E-state index in [9.17, 15) is 4.79 Å². The van der Waals surface area contributed by atoms with E-state index in [4.69, 9.17) is 4.74 Å². The van der Waals surface area contributed by atoms with Crippen LogP contribution in [0.3, 0.4) is 0 Å². The number of nitrogens with one attached hydrogen (secondary N) is 2. The quantitative estimate of drug-likeness (QED) is 0.452. The van der Waals surface area contributed by atoms with Crippen molar-refractivity contribution < 1.29 is 9.53 Å². The summed E-state index contributed by atoms with van der Waals surface area (Å²) in [5.74, 6) is 1.36. The number of amides is 1. The van der Waals surface area contributed by atoms with E-state index in [2.05, 4.69) is 28.3 Å². The molecular weight excluding hydrogens is 292 g/mol. The van der Waals surface area contributed by atoms with Gasteiger partial charge in [-0.15, -0.1) is 6.58 Å². The van der Waals surface area contributed by atoms with E-state index >= 15 is 0 Å². The Labute approximate surface area is 138 Å². The molecule has 2 N–H and O–H groups in total. The van der Waals surface area contributed by atoms with Gasteiger partial charge in [-0.25, -0.2) is 4.99 Å². The normalized spacial score (nSPS) is 10.9. The third kappa shape index (κ3) is 6.86. The zero-order chi connectivity index (χ0) is 17.2. The average Bonchev–Trinajstić information content (AvgIpc) is 2.53. The lowest BCUT2D eigenvalue weighted by molar-refractivity contribution is -0.127.